The molecule has 1 aliphatic rings. The number of hydrogen-bond donors (Lipinski definition) is 0. The quantitative estimate of drug-likeness (QED) is 0.844. The molecular weight excluding hydrogens is 316 g/mol. The van der Waals surface area contributed by atoms with Crippen LogP contribution in [0.2, 0.25) is 5.15 Å². The second kappa shape index (κ2) is 7.34. The van der Waals surface area contributed by atoms with Gasteiger partial charge in [-0.3, -0.25) is 0 Å². The summed E-state index contributed by atoms with van der Waals surface area (Å²) in [6.07, 6.45) is 1.70. The summed E-state index contributed by atoms with van der Waals surface area (Å²) in [5.74, 6) is 0.791. The van der Waals surface area contributed by atoms with Crippen molar-refractivity contribution in [3.63, 3.8) is 0 Å². The molecule has 1 amide bonds. The maximum absolute atomic E-state index is 12.4. The predicted molar refractivity (Wildman–Crippen MR) is 90.9 cm³/mol. The monoisotopic (exact) mass is 340 g/mol. The Bertz CT molecular complexity index is 530. The van der Waals surface area contributed by atoms with Crippen LogP contribution in [0.1, 0.15) is 40.5 Å². The van der Waals surface area contributed by atoms with Gasteiger partial charge in [0.1, 0.15) is 5.60 Å². The first-order valence-corrected chi connectivity index (χ1v) is 8.41. The zero-order valence-electron chi connectivity index (χ0n) is 14.3. The highest BCUT2D eigenvalue weighted by Gasteiger charge is 2.31. The molecule has 1 atom stereocenters. The molecule has 0 radical (unpaired) electrons. The fourth-order valence-corrected chi connectivity index (χ4v) is 2.85. The predicted octanol–water partition coefficient (Wildman–Crippen LogP) is 3.36. The van der Waals surface area contributed by atoms with Crippen molar-refractivity contribution in [2.24, 2.45) is 0 Å². The van der Waals surface area contributed by atoms with Gasteiger partial charge in [-0.15, -0.1) is 10.2 Å². The van der Waals surface area contributed by atoms with Gasteiger partial charge < -0.3 is 14.5 Å². The summed E-state index contributed by atoms with van der Waals surface area (Å²) in [5, 5.41) is 8.41. The Kier molecular flexibility index (Phi) is 5.68. The van der Waals surface area contributed by atoms with Gasteiger partial charge in [-0.25, -0.2) is 4.79 Å². The SMILES string of the molecule is CCN(C(=O)OC(C)(C)C)[C@H]1CCCN(c2ccc(Cl)nn2)C1. The fraction of sp³-hybridized carbons (Fsp3) is 0.688. The molecule has 0 unspecified atom stereocenters. The van der Waals surface area contributed by atoms with E-state index in [1.807, 2.05) is 33.8 Å². The Morgan fingerprint density at radius 2 is 2.17 bits per heavy atom. The van der Waals surface area contributed by atoms with Crippen molar-refractivity contribution >= 4 is 23.5 Å². The van der Waals surface area contributed by atoms with Gasteiger partial charge in [-0.1, -0.05) is 11.6 Å². The summed E-state index contributed by atoms with van der Waals surface area (Å²) in [7, 11) is 0. The molecule has 0 bridgehead atoms. The van der Waals surface area contributed by atoms with Gasteiger partial charge in [-0.2, -0.15) is 0 Å². The van der Waals surface area contributed by atoms with E-state index in [0.29, 0.717) is 11.7 Å². The normalized spacial score (nSPS) is 18.7. The van der Waals surface area contributed by atoms with Gasteiger partial charge in [0.15, 0.2) is 11.0 Å². The van der Waals surface area contributed by atoms with Gasteiger partial charge in [0, 0.05) is 19.6 Å². The number of halogens is 1. The van der Waals surface area contributed by atoms with Gasteiger partial charge in [0.25, 0.3) is 0 Å². The third kappa shape index (κ3) is 4.96. The molecule has 0 N–H and O–H groups in total. The molecule has 1 aromatic heterocycles. The Labute approximate surface area is 142 Å². The van der Waals surface area contributed by atoms with Crippen molar-refractivity contribution in [3.8, 4) is 0 Å². The number of carbonyl (C=O) groups excluding carboxylic acids is 1. The van der Waals surface area contributed by atoms with E-state index >= 15 is 0 Å². The van der Waals surface area contributed by atoms with E-state index in [4.69, 9.17) is 16.3 Å². The average molecular weight is 341 g/mol. The van der Waals surface area contributed by atoms with Crippen molar-refractivity contribution in [1.29, 1.82) is 0 Å². The highest BCUT2D eigenvalue weighted by atomic mass is 35.5. The molecular formula is C16H25ClN4O2. The Balaban J connectivity index is 2.06. The lowest BCUT2D eigenvalue weighted by Gasteiger charge is -2.39. The number of anilines is 1. The Morgan fingerprint density at radius 1 is 1.43 bits per heavy atom. The molecule has 2 heterocycles. The number of likely N-dealkylation sites (N-methyl/N-ethyl adjacent to an activating group) is 1. The number of nitrogens with zero attached hydrogens (tertiary/aromatic N) is 4. The third-order valence-corrected chi connectivity index (χ3v) is 3.95. The molecule has 0 saturated carbocycles. The number of hydrogen-bond acceptors (Lipinski definition) is 5. The first kappa shape index (κ1) is 17.8. The highest BCUT2D eigenvalue weighted by Crippen LogP contribution is 2.22. The van der Waals surface area contributed by atoms with Crippen LogP contribution in [-0.2, 0) is 4.74 Å². The van der Waals surface area contributed by atoms with Gasteiger partial charge in [0.2, 0.25) is 0 Å². The van der Waals surface area contributed by atoms with E-state index in [9.17, 15) is 4.79 Å². The first-order valence-electron chi connectivity index (χ1n) is 8.04. The zero-order chi connectivity index (χ0) is 17.0. The van der Waals surface area contributed by atoms with E-state index in [0.717, 1.165) is 31.7 Å². The van der Waals surface area contributed by atoms with Crippen LogP contribution in [0.25, 0.3) is 0 Å². The lowest BCUT2D eigenvalue weighted by molar-refractivity contribution is 0.0159. The maximum atomic E-state index is 12.4. The van der Waals surface area contributed by atoms with Gasteiger partial charge >= 0.3 is 6.09 Å². The molecule has 2 rings (SSSR count). The van der Waals surface area contributed by atoms with Crippen molar-refractivity contribution in [2.45, 2.75) is 52.2 Å². The summed E-state index contributed by atoms with van der Waals surface area (Å²) in [5.41, 5.74) is -0.486. The number of ether oxygens (including phenoxy) is 1. The number of piperidine rings is 1. The van der Waals surface area contributed by atoms with E-state index in [1.165, 1.54) is 0 Å². The van der Waals surface area contributed by atoms with Crippen LogP contribution in [0.4, 0.5) is 10.6 Å². The lowest BCUT2D eigenvalue weighted by atomic mass is 10.0. The second-order valence-electron chi connectivity index (χ2n) is 6.72. The molecule has 0 aliphatic carbocycles. The van der Waals surface area contributed by atoms with Crippen LogP contribution in [0.5, 0.6) is 0 Å². The molecule has 1 saturated heterocycles. The summed E-state index contributed by atoms with van der Waals surface area (Å²) >= 11 is 5.79. The number of carbonyl (C=O) groups is 1. The molecule has 1 aliphatic heterocycles. The molecule has 128 valence electrons. The van der Waals surface area contributed by atoms with Crippen LogP contribution >= 0.6 is 11.6 Å². The molecule has 7 heteroatoms. The van der Waals surface area contributed by atoms with Crippen molar-refractivity contribution in [2.75, 3.05) is 24.5 Å². The smallest absolute Gasteiger partial charge is 0.410 e. The topological polar surface area (TPSA) is 58.6 Å². The van der Waals surface area contributed by atoms with Crippen LogP contribution in [0.3, 0.4) is 0 Å². The highest BCUT2D eigenvalue weighted by molar-refractivity contribution is 6.29. The van der Waals surface area contributed by atoms with Crippen LogP contribution in [-0.4, -0.2) is 52.5 Å². The van der Waals surface area contributed by atoms with Crippen LogP contribution in [0.15, 0.2) is 12.1 Å². The minimum absolute atomic E-state index is 0.112. The Morgan fingerprint density at radius 3 is 2.74 bits per heavy atom. The summed E-state index contributed by atoms with van der Waals surface area (Å²) in [6, 6.07) is 3.71. The average Bonchev–Trinajstić information content (AvgIpc) is 2.47. The first-order chi connectivity index (χ1) is 10.8. The minimum Gasteiger partial charge on any atom is -0.444 e. The third-order valence-electron chi connectivity index (χ3n) is 3.75. The largest absolute Gasteiger partial charge is 0.444 e. The fourth-order valence-electron chi connectivity index (χ4n) is 2.75. The number of amides is 1. The van der Waals surface area contributed by atoms with E-state index in [1.54, 1.807) is 11.0 Å². The molecule has 1 aromatic rings. The second-order valence-corrected chi connectivity index (χ2v) is 7.11. The van der Waals surface area contributed by atoms with Crippen molar-refractivity contribution in [1.82, 2.24) is 15.1 Å². The molecule has 0 aromatic carbocycles. The lowest BCUT2D eigenvalue weighted by Crippen LogP contribution is -2.51. The molecule has 23 heavy (non-hydrogen) atoms. The van der Waals surface area contributed by atoms with Crippen LogP contribution < -0.4 is 4.90 Å². The van der Waals surface area contributed by atoms with Crippen LogP contribution in [0, 0.1) is 0 Å². The number of aromatic nitrogens is 2. The van der Waals surface area contributed by atoms with E-state index < -0.39 is 5.60 Å². The van der Waals surface area contributed by atoms with E-state index in [-0.39, 0.29) is 12.1 Å². The van der Waals surface area contributed by atoms with Gasteiger partial charge in [0.05, 0.1) is 6.04 Å². The summed E-state index contributed by atoms with van der Waals surface area (Å²) in [6.45, 7) is 9.88. The maximum Gasteiger partial charge on any atom is 0.410 e. The van der Waals surface area contributed by atoms with E-state index in [2.05, 4.69) is 15.1 Å². The van der Waals surface area contributed by atoms with Crippen molar-refractivity contribution in [3.05, 3.63) is 17.3 Å². The molecule has 6 nitrogen and oxygen atoms in total. The minimum atomic E-state index is -0.486. The standard InChI is InChI=1S/C16H25ClN4O2/c1-5-21(15(22)23-16(2,3)4)12-7-6-10-20(11-12)14-9-8-13(17)18-19-14/h8-9,12H,5-7,10-11H2,1-4H3/t12-/m0/s1. The zero-order valence-corrected chi connectivity index (χ0v) is 15.0. The molecule has 1 fully saturated rings. The van der Waals surface area contributed by atoms with Crippen molar-refractivity contribution < 1.29 is 9.53 Å². The Hall–Kier alpha value is -1.56. The number of rotatable bonds is 3. The summed E-state index contributed by atoms with van der Waals surface area (Å²) < 4.78 is 5.52. The molecule has 0 spiro atoms. The van der Waals surface area contributed by atoms with Gasteiger partial charge in [-0.05, 0) is 52.7 Å². The summed E-state index contributed by atoms with van der Waals surface area (Å²) in [4.78, 5) is 16.4.